The van der Waals surface area contributed by atoms with Gasteiger partial charge in [-0.25, -0.2) is 0 Å². The predicted molar refractivity (Wildman–Crippen MR) is 105 cm³/mol. The summed E-state index contributed by atoms with van der Waals surface area (Å²) in [5, 5.41) is 3.02. The Hall–Kier alpha value is -2.37. The molecule has 0 bridgehead atoms. The largest absolute Gasteiger partial charge is 0.497 e. The standard InChI is InChI=1S/C21H29N3O2/c1-4-24(5-2)19(17-12-9-13-18(14-17)26-3)15-23-21(25)20(22)16-10-7-6-8-11-16/h6-14,19-20H,4-5,15,22H2,1-3H3,(H,23,25). The lowest BCUT2D eigenvalue weighted by Gasteiger charge is -2.31. The van der Waals surface area contributed by atoms with Crippen LogP contribution < -0.4 is 15.8 Å². The maximum atomic E-state index is 12.5. The van der Waals surface area contributed by atoms with E-state index in [2.05, 4.69) is 30.1 Å². The summed E-state index contributed by atoms with van der Waals surface area (Å²) in [6.07, 6.45) is 0. The SMILES string of the molecule is CCN(CC)C(CNC(=O)C(N)c1ccccc1)c1cccc(OC)c1. The van der Waals surface area contributed by atoms with Crippen LogP contribution in [0.5, 0.6) is 5.75 Å². The Morgan fingerprint density at radius 2 is 1.73 bits per heavy atom. The van der Waals surface area contributed by atoms with Crippen molar-refractivity contribution >= 4 is 5.91 Å². The fourth-order valence-corrected chi connectivity index (χ4v) is 3.09. The van der Waals surface area contributed by atoms with E-state index in [1.807, 2.05) is 48.5 Å². The molecular weight excluding hydrogens is 326 g/mol. The van der Waals surface area contributed by atoms with Gasteiger partial charge in [-0.1, -0.05) is 56.3 Å². The molecule has 2 rings (SSSR count). The molecule has 0 aliphatic rings. The van der Waals surface area contributed by atoms with Gasteiger partial charge in [-0.15, -0.1) is 0 Å². The number of hydrogen-bond acceptors (Lipinski definition) is 4. The number of ether oxygens (including phenoxy) is 1. The third-order valence-electron chi connectivity index (χ3n) is 4.64. The summed E-state index contributed by atoms with van der Waals surface area (Å²) in [6.45, 7) is 6.51. The van der Waals surface area contributed by atoms with Crippen LogP contribution in [0.3, 0.4) is 0 Å². The molecule has 2 aromatic rings. The highest BCUT2D eigenvalue weighted by atomic mass is 16.5. The summed E-state index contributed by atoms with van der Waals surface area (Å²) in [5.41, 5.74) is 8.03. The Morgan fingerprint density at radius 3 is 2.35 bits per heavy atom. The molecule has 2 aromatic carbocycles. The number of nitrogens with two attached hydrogens (primary N) is 1. The van der Waals surface area contributed by atoms with Gasteiger partial charge in [0.1, 0.15) is 11.8 Å². The fraction of sp³-hybridized carbons (Fsp3) is 0.381. The fourth-order valence-electron chi connectivity index (χ4n) is 3.09. The number of nitrogens with one attached hydrogen (secondary N) is 1. The third kappa shape index (κ3) is 5.07. The van der Waals surface area contributed by atoms with Gasteiger partial charge in [0.2, 0.25) is 5.91 Å². The summed E-state index contributed by atoms with van der Waals surface area (Å²) >= 11 is 0. The highest BCUT2D eigenvalue weighted by Crippen LogP contribution is 2.24. The summed E-state index contributed by atoms with van der Waals surface area (Å²) < 4.78 is 5.35. The van der Waals surface area contributed by atoms with E-state index >= 15 is 0 Å². The van der Waals surface area contributed by atoms with Crippen LogP contribution >= 0.6 is 0 Å². The van der Waals surface area contributed by atoms with Crippen LogP contribution in [-0.2, 0) is 4.79 Å². The van der Waals surface area contributed by atoms with Crippen molar-refractivity contribution in [3.63, 3.8) is 0 Å². The minimum absolute atomic E-state index is 0.0621. The highest BCUT2D eigenvalue weighted by molar-refractivity contribution is 5.82. The van der Waals surface area contributed by atoms with Crippen molar-refractivity contribution in [3.05, 3.63) is 65.7 Å². The van der Waals surface area contributed by atoms with E-state index in [0.717, 1.165) is 30.0 Å². The van der Waals surface area contributed by atoms with Crippen LogP contribution in [0.25, 0.3) is 0 Å². The predicted octanol–water partition coefficient (Wildman–Crippen LogP) is 2.89. The van der Waals surface area contributed by atoms with Gasteiger partial charge in [0.25, 0.3) is 0 Å². The molecule has 1 amide bonds. The van der Waals surface area contributed by atoms with Gasteiger partial charge in [-0.2, -0.15) is 0 Å². The molecular formula is C21H29N3O2. The van der Waals surface area contributed by atoms with Crippen molar-refractivity contribution in [3.8, 4) is 5.75 Å². The second-order valence-electron chi connectivity index (χ2n) is 6.15. The van der Waals surface area contributed by atoms with E-state index in [9.17, 15) is 4.79 Å². The number of likely N-dealkylation sites (N-methyl/N-ethyl adjacent to an activating group) is 1. The van der Waals surface area contributed by atoms with Gasteiger partial charge in [0.05, 0.1) is 13.2 Å². The lowest BCUT2D eigenvalue weighted by atomic mass is 10.0. The topological polar surface area (TPSA) is 67.6 Å². The van der Waals surface area contributed by atoms with Crippen molar-refractivity contribution in [2.45, 2.75) is 25.9 Å². The maximum Gasteiger partial charge on any atom is 0.241 e. The highest BCUT2D eigenvalue weighted by Gasteiger charge is 2.21. The van der Waals surface area contributed by atoms with Gasteiger partial charge in [-0.3, -0.25) is 9.69 Å². The zero-order valence-electron chi connectivity index (χ0n) is 15.8. The number of rotatable bonds is 9. The molecule has 0 radical (unpaired) electrons. The van der Waals surface area contributed by atoms with Crippen LogP contribution in [0.2, 0.25) is 0 Å². The Bertz CT molecular complexity index is 687. The Labute approximate surface area is 156 Å². The van der Waals surface area contributed by atoms with Crippen molar-refractivity contribution in [2.75, 3.05) is 26.7 Å². The molecule has 0 aliphatic carbocycles. The van der Waals surface area contributed by atoms with E-state index in [-0.39, 0.29) is 11.9 Å². The van der Waals surface area contributed by atoms with Crippen LogP contribution in [-0.4, -0.2) is 37.6 Å². The molecule has 5 nitrogen and oxygen atoms in total. The zero-order chi connectivity index (χ0) is 18.9. The number of carbonyl (C=O) groups is 1. The lowest BCUT2D eigenvalue weighted by molar-refractivity contribution is -0.122. The molecule has 2 atom stereocenters. The Balaban J connectivity index is 2.12. The number of methoxy groups -OCH3 is 1. The quantitative estimate of drug-likeness (QED) is 0.726. The second-order valence-corrected chi connectivity index (χ2v) is 6.15. The van der Waals surface area contributed by atoms with Gasteiger partial charge >= 0.3 is 0 Å². The van der Waals surface area contributed by atoms with Crippen molar-refractivity contribution < 1.29 is 9.53 Å². The van der Waals surface area contributed by atoms with Crippen molar-refractivity contribution in [1.29, 1.82) is 0 Å². The number of amides is 1. The van der Waals surface area contributed by atoms with E-state index in [0.29, 0.717) is 6.54 Å². The minimum Gasteiger partial charge on any atom is -0.497 e. The number of benzene rings is 2. The molecule has 0 saturated heterocycles. The maximum absolute atomic E-state index is 12.5. The first-order chi connectivity index (χ1) is 12.6. The van der Waals surface area contributed by atoms with Crippen LogP contribution in [0.1, 0.15) is 37.1 Å². The summed E-state index contributed by atoms with van der Waals surface area (Å²) in [6, 6.07) is 16.8. The lowest BCUT2D eigenvalue weighted by Crippen LogP contribution is -2.41. The average Bonchev–Trinajstić information content (AvgIpc) is 2.71. The molecule has 0 aromatic heterocycles. The summed E-state index contributed by atoms with van der Waals surface area (Å²) in [4.78, 5) is 14.8. The Kier molecular flexibility index (Phi) is 7.63. The van der Waals surface area contributed by atoms with Crippen molar-refractivity contribution in [2.24, 2.45) is 5.73 Å². The number of hydrogen-bond donors (Lipinski definition) is 2. The smallest absolute Gasteiger partial charge is 0.241 e. The zero-order valence-corrected chi connectivity index (χ0v) is 15.8. The molecule has 2 unspecified atom stereocenters. The van der Waals surface area contributed by atoms with Gasteiger partial charge in [-0.05, 0) is 36.3 Å². The van der Waals surface area contributed by atoms with E-state index in [1.165, 1.54) is 0 Å². The normalized spacial score (nSPS) is 13.3. The van der Waals surface area contributed by atoms with Gasteiger partial charge in [0, 0.05) is 6.54 Å². The van der Waals surface area contributed by atoms with Crippen LogP contribution in [0.4, 0.5) is 0 Å². The Morgan fingerprint density at radius 1 is 1.08 bits per heavy atom. The molecule has 0 spiro atoms. The number of nitrogens with zero attached hydrogens (tertiary/aromatic N) is 1. The third-order valence-corrected chi connectivity index (χ3v) is 4.64. The molecule has 26 heavy (non-hydrogen) atoms. The summed E-state index contributed by atoms with van der Waals surface area (Å²) in [7, 11) is 1.66. The molecule has 140 valence electrons. The van der Waals surface area contributed by atoms with Crippen LogP contribution in [0.15, 0.2) is 54.6 Å². The molecule has 0 saturated carbocycles. The first kappa shape index (κ1) is 19.9. The second kappa shape index (κ2) is 9.94. The van der Waals surface area contributed by atoms with E-state index < -0.39 is 6.04 Å². The summed E-state index contributed by atoms with van der Waals surface area (Å²) in [5.74, 6) is 0.642. The minimum atomic E-state index is -0.668. The molecule has 3 N–H and O–H groups in total. The first-order valence-electron chi connectivity index (χ1n) is 9.06. The molecule has 0 heterocycles. The molecule has 5 heteroatoms. The van der Waals surface area contributed by atoms with Gasteiger partial charge in [0.15, 0.2) is 0 Å². The molecule has 0 aliphatic heterocycles. The first-order valence-corrected chi connectivity index (χ1v) is 9.06. The van der Waals surface area contributed by atoms with E-state index in [4.69, 9.17) is 10.5 Å². The molecule has 0 fully saturated rings. The average molecular weight is 355 g/mol. The van der Waals surface area contributed by atoms with Gasteiger partial charge < -0.3 is 15.8 Å². The van der Waals surface area contributed by atoms with Crippen molar-refractivity contribution in [1.82, 2.24) is 10.2 Å². The van der Waals surface area contributed by atoms with E-state index in [1.54, 1.807) is 7.11 Å². The van der Waals surface area contributed by atoms with Crippen LogP contribution in [0, 0.1) is 0 Å². The number of carbonyl (C=O) groups excluding carboxylic acids is 1. The monoisotopic (exact) mass is 355 g/mol.